The topological polar surface area (TPSA) is 101 Å². The highest BCUT2D eigenvalue weighted by Crippen LogP contribution is 2.34. The monoisotopic (exact) mass is 500 g/mol. The molecule has 0 bridgehead atoms. The van der Waals surface area contributed by atoms with Gasteiger partial charge in [0.25, 0.3) is 0 Å². The second kappa shape index (κ2) is 9.39. The van der Waals surface area contributed by atoms with Crippen LogP contribution in [0.5, 0.6) is 5.75 Å². The Labute approximate surface area is 193 Å². The Kier molecular flexibility index (Phi) is 7.05. The lowest BCUT2D eigenvalue weighted by atomic mass is 10.2. The first-order valence-corrected chi connectivity index (χ1v) is 12.3. The molecular weight excluding hydrogens is 483 g/mol. The van der Waals surface area contributed by atoms with E-state index in [2.05, 4.69) is 15.5 Å². The van der Waals surface area contributed by atoms with E-state index in [0.29, 0.717) is 15.1 Å². The summed E-state index contributed by atoms with van der Waals surface area (Å²) in [6.45, 7) is 1.46. The van der Waals surface area contributed by atoms with Crippen LogP contribution in [0, 0.1) is 0 Å². The number of methoxy groups -OCH3 is 1. The third-order valence-corrected chi connectivity index (χ3v) is 6.82. The summed E-state index contributed by atoms with van der Waals surface area (Å²) in [7, 11) is -2.46. The molecule has 0 aliphatic carbocycles. The number of carbonyl (C=O) groups is 1. The fraction of sp³-hybridized carbons (Fsp3) is 0.211. The van der Waals surface area contributed by atoms with E-state index in [4.69, 9.17) is 27.9 Å². The first-order chi connectivity index (χ1) is 14.6. The maximum atomic E-state index is 12.9. The van der Waals surface area contributed by atoms with Crippen molar-refractivity contribution in [3.63, 3.8) is 0 Å². The highest BCUT2D eigenvalue weighted by molar-refractivity contribution is 7.92. The van der Waals surface area contributed by atoms with Gasteiger partial charge in [-0.3, -0.25) is 14.4 Å². The fourth-order valence-electron chi connectivity index (χ4n) is 2.81. The minimum absolute atomic E-state index is 0.152. The largest absolute Gasteiger partial charge is 0.495 e. The molecule has 0 aliphatic rings. The van der Waals surface area contributed by atoms with Gasteiger partial charge in [-0.25, -0.2) is 8.42 Å². The van der Waals surface area contributed by atoms with Crippen molar-refractivity contribution in [2.24, 2.45) is 0 Å². The molecule has 12 heteroatoms. The van der Waals surface area contributed by atoms with Crippen LogP contribution in [0.25, 0.3) is 10.6 Å². The molecule has 0 aliphatic heterocycles. The molecule has 0 radical (unpaired) electrons. The highest BCUT2D eigenvalue weighted by Gasteiger charge is 2.32. The van der Waals surface area contributed by atoms with E-state index in [-0.39, 0.29) is 16.6 Å². The SMILES string of the molecule is COc1ccc(Cl)cc1N([C@@H](C)C(=O)Nc1nnc(-c2ccc(Cl)cc2)s1)S(C)(=O)=O. The number of aromatic nitrogens is 2. The van der Waals surface area contributed by atoms with Crippen LogP contribution in [0.4, 0.5) is 10.8 Å². The van der Waals surface area contributed by atoms with Gasteiger partial charge in [-0.2, -0.15) is 0 Å². The number of ether oxygens (including phenoxy) is 1. The molecule has 0 saturated heterocycles. The molecule has 1 aromatic heterocycles. The van der Waals surface area contributed by atoms with Gasteiger partial charge in [0.05, 0.1) is 19.1 Å². The van der Waals surface area contributed by atoms with Crippen molar-refractivity contribution < 1.29 is 17.9 Å². The summed E-state index contributed by atoms with van der Waals surface area (Å²) in [6, 6.07) is 10.4. The van der Waals surface area contributed by atoms with Crippen molar-refractivity contribution in [2.45, 2.75) is 13.0 Å². The molecule has 2 aromatic carbocycles. The van der Waals surface area contributed by atoms with Crippen LogP contribution in [0.15, 0.2) is 42.5 Å². The third kappa shape index (κ3) is 5.45. The lowest BCUT2D eigenvalue weighted by molar-refractivity contribution is -0.116. The first-order valence-electron chi connectivity index (χ1n) is 8.83. The van der Waals surface area contributed by atoms with Crippen molar-refractivity contribution in [2.75, 3.05) is 23.0 Å². The van der Waals surface area contributed by atoms with Crippen molar-refractivity contribution in [1.29, 1.82) is 0 Å². The number of rotatable bonds is 7. The Morgan fingerprint density at radius 1 is 1.13 bits per heavy atom. The second-order valence-electron chi connectivity index (χ2n) is 6.46. The molecule has 164 valence electrons. The molecule has 8 nitrogen and oxygen atoms in total. The molecule has 0 saturated carbocycles. The molecular formula is C19H18Cl2N4O4S2. The predicted octanol–water partition coefficient (Wildman–Crippen LogP) is 4.31. The quantitative estimate of drug-likeness (QED) is 0.518. The molecule has 1 atom stereocenters. The van der Waals surface area contributed by atoms with Crippen molar-refractivity contribution in [1.82, 2.24) is 10.2 Å². The summed E-state index contributed by atoms with van der Waals surface area (Å²) in [5.41, 5.74) is 0.941. The van der Waals surface area contributed by atoms with Gasteiger partial charge in [-0.1, -0.05) is 46.7 Å². The van der Waals surface area contributed by atoms with Crippen LogP contribution in [-0.2, 0) is 14.8 Å². The Bertz CT molecular complexity index is 1200. The lowest BCUT2D eigenvalue weighted by Crippen LogP contribution is -2.45. The van der Waals surface area contributed by atoms with E-state index in [1.54, 1.807) is 30.3 Å². The van der Waals surface area contributed by atoms with Gasteiger partial charge < -0.3 is 4.74 Å². The molecule has 1 amide bonds. The molecule has 3 rings (SSSR count). The molecule has 0 unspecified atom stereocenters. The van der Waals surface area contributed by atoms with Crippen LogP contribution < -0.4 is 14.4 Å². The van der Waals surface area contributed by atoms with Gasteiger partial charge in [-0.05, 0) is 37.3 Å². The van der Waals surface area contributed by atoms with Crippen LogP contribution in [-0.4, -0.2) is 43.9 Å². The number of halogens is 2. The maximum Gasteiger partial charge on any atom is 0.249 e. The zero-order valence-electron chi connectivity index (χ0n) is 16.7. The summed E-state index contributed by atoms with van der Waals surface area (Å²) in [5.74, 6) is -0.332. The Morgan fingerprint density at radius 3 is 2.39 bits per heavy atom. The minimum Gasteiger partial charge on any atom is -0.495 e. The number of hydrogen-bond donors (Lipinski definition) is 1. The summed E-state index contributed by atoms with van der Waals surface area (Å²) < 4.78 is 31.3. The van der Waals surface area contributed by atoms with E-state index in [1.807, 2.05) is 0 Å². The average molecular weight is 501 g/mol. The van der Waals surface area contributed by atoms with Crippen LogP contribution in [0.1, 0.15) is 6.92 Å². The molecule has 1 N–H and O–H groups in total. The molecule has 3 aromatic rings. The highest BCUT2D eigenvalue weighted by atomic mass is 35.5. The van der Waals surface area contributed by atoms with E-state index in [0.717, 1.165) is 27.5 Å². The number of amides is 1. The van der Waals surface area contributed by atoms with Gasteiger partial charge in [0.1, 0.15) is 16.8 Å². The van der Waals surface area contributed by atoms with E-state index in [9.17, 15) is 13.2 Å². The van der Waals surface area contributed by atoms with Gasteiger partial charge >= 0.3 is 0 Å². The Hall–Kier alpha value is -2.40. The lowest BCUT2D eigenvalue weighted by Gasteiger charge is -2.29. The summed E-state index contributed by atoms with van der Waals surface area (Å²) >= 11 is 13.1. The summed E-state index contributed by atoms with van der Waals surface area (Å²) in [5, 5.41) is 12.3. The van der Waals surface area contributed by atoms with Crippen LogP contribution >= 0.6 is 34.5 Å². The zero-order valence-corrected chi connectivity index (χ0v) is 19.8. The van der Waals surface area contributed by atoms with Gasteiger partial charge in [0, 0.05) is 15.6 Å². The Morgan fingerprint density at radius 2 is 1.77 bits per heavy atom. The zero-order chi connectivity index (χ0) is 22.8. The number of hydrogen-bond acceptors (Lipinski definition) is 7. The van der Waals surface area contributed by atoms with E-state index in [1.165, 1.54) is 26.2 Å². The molecule has 0 fully saturated rings. The first kappa shape index (κ1) is 23.3. The van der Waals surface area contributed by atoms with Gasteiger partial charge in [0.15, 0.2) is 0 Å². The van der Waals surface area contributed by atoms with Crippen LogP contribution in [0.2, 0.25) is 10.0 Å². The smallest absolute Gasteiger partial charge is 0.249 e. The number of nitrogens with one attached hydrogen (secondary N) is 1. The second-order valence-corrected chi connectivity index (χ2v) is 10.2. The van der Waals surface area contributed by atoms with Crippen molar-refractivity contribution in [3.05, 3.63) is 52.5 Å². The normalized spacial score (nSPS) is 12.3. The average Bonchev–Trinajstić information content (AvgIpc) is 3.16. The third-order valence-electron chi connectivity index (χ3n) is 4.21. The molecule has 1 heterocycles. The minimum atomic E-state index is -3.86. The number of sulfonamides is 1. The van der Waals surface area contributed by atoms with Crippen molar-refractivity contribution in [3.8, 4) is 16.3 Å². The maximum absolute atomic E-state index is 12.9. The molecule has 31 heavy (non-hydrogen) atoms. The van der Waals surface area contributed by atoms with Gasteiger partial charge in [0.2, 0.25) is 21.1 Å². The predicted molar refractivity (Wildman–Crippen MR) is 124 cm³/mol. The number of anilines is 2. The number of benzene rings is 2. The van der Waals surface area contributed by atoms with E-state index >= 15 is 0 Å². The number of nitrogens with zero attached hydrogens (tertiary/aromatic N) is 3. The van der Waals surface area contributed by atoms with Crippen LogP contribution in [0.3, 0.4) is 0 Å². The summed E-state index contributed by atoms with van der Waals surface area (Å²) in [4.78, 5) is 12.9. The van der Waals surface area contributed by atoms with Gasteiger partial charge in [-0.15, -0.1) is 10.2 Å². The molecule has 0 spiro atoms. The Balaban J connectivity index is 1.86. The standard InChI is InChI=1S/C19H18Cl2N4O4S2/c1-11(25(31(3,27)28)15-10-14(21)8-9-16(15)29-2)17(26)22-19-24-23-18(30-19)12-4-6-13(20)7-5-12/h4-11H,1-3H3,(H,22,24,26)/t11-/m0/s1. The summed E-state index contributed by atoms with van der Waals surface area (Å²) in [6.07, 6.45) is 1.00. The van der Waals surface area contributed by atoms with E-state index < -0.39 is 22.0 Å². The fourth-order valence-corrected chi connectivity index (χ4v) is 5.02. The number of carbonyl (C=O) groups excluding carboxylic acids is 1. The van der Waals surface area contributed by atoms with Crippen molar-refractivity contribution >= 4 is 61.3 Å².